The fourth-order valence-corrected chi connectivity index (χ4v) is 2.18. The van der Waals surface area contributed by atoms with Gasteiger partial charge in [-0.25, -0.2) is 0 Å². The summed E-state index contributed by atoms with van der Waals surface area (Å²) in [7, 11) is 0. The van der Waals surface area contributed by atoms with Crippen molar-refractivity contribution in [2.24, 2.45) is 11.7 Å². The molecule has 0 aromatic rings. The number of likely N-dealkylation sites (tertiary alicyclic amines) is 1. The largest absolute Gasteiger partial charge is 0.353 e. The van der Waals surface area contributed by atoms with E-state index in [4.69, 9.17) is 5.73 Å². The van der Waals surface area contributed by atoms with E-state index in [-0.39, 0.29) is 30.3 Å². The molecule has 0 aromatic heterocycles. The predicted octanol–water partition coefficient (Wildman–Crippen LogP) is 0.992. The molecule has 1 fully saturated rings. The van der Waals surface area contributed by atoms with E-state index in [1.807, 2.05) is 13.8 Å². The van der Waals surface area contributed by atoms with E-state index in [0.29, 0.717) is 6.04 Å². The molecule has 0 saturated carbocycles. The van der Waals surface area contributed by atoms with Gasteiger partial charge in [0.2, 0.25) is 5.91 Å². The first-order valence-corrected chi connectivity index (χ1v) is 6.33. The lowest BCUT2D eigenvalue weighted by Crippen LogP contribution is -2.48. The smallest absolute Gasteiger partial charge is 0.237 e. The second-order valence-corrected chi connectivity index (χ2v) is 4.94. The quantitative estimate of drug-likeness (QED) is 0.778. The molecule has 0 aromatic carbocycles. The summed E-state index contributed by atoms with van der Waals surface area (Å²) in [6.45, 7) is 9.08. The van der Waals surface area contributed by atoms with Crippen molar-refractivity contribution in [3.8, 4) is 0 Å². The van der Waals surface area contributed by atoms with Crippen molar-refractivity contribution in [2.45, 2.75) is 45.7 Å². The summed E-state index contributed by atoms with van der Waals surface area (Å²) in [6, 6.07) is 0.129. The van der Waals surface area contributed by atoms with Crippen LogP contribution < -0.4 is 11.1 Å². The SMILES string of the molecule is CCN1CCCC1CNC(=O)[C@@H](N)C(C)C.Cl. The van der Waals surface area contributed by atoms with Crippen molar-refractivity contribution in [1.29, 1.82) is 0 Å². The molecular weight excluding hydrogens is 238 g/mol. The highest BCUT2D eigenvalue weighted by Crippen LogP contribution is 2.15. The van der Waals surface area contributed by atoms with Gasteiger partial charge >= 0.3 is 0 Å². The highest BCUT2D eigenvalue weighted by atomic mass is 35.5. The maximum absolute atomic E-state index is 11.7. The fraction of sp³-hybridized carbons (Fsp3) is 0.917. The zero-order valence-corrected chi connectivity index (χ0v) is 11.9. The summed E-state index contributed by atoms with van der Waals surface area (Å²) >= 11 is 0. The van der Waals surface area contributed by atoms with Gasteiger partial charge < -0.3 is 11.1 Å². The number of nitrogens with two attached hydrogens (primary N) is 1. The van der Waals surface area contributed by atoms with E-state index < -0.39 is 0 Å². The van der Waals surface area contributed by atoms with E-state index in [0.717, 1.165) is 19.6 Å². The van der Waals surface area contributed by atoms with Gasteiger partial charge in [0.1, 0.15) is 0 Å². The van der Waals surface area contributed by atoms with E-state index in [1.165, 1.54) is 12.8 Å². The number of halogens is 1. The first-order chi connectivity index (χ1) is 7.56. The van der Waals surface area contributed by atoms with Crippen molar-refractivity contribution in [1.82, 2.24) is 10.2 Å². The fourth-order valence-electron chi connectivity index (χ4n) is 2.18. The Morgan fingerprint density at radius 3 is 2.71 bits per heavy atom. The summed E-state index contributed by atoms with van der Waals surface area (Å²) in [4.78, 5) is 14.1. The summed E-state index contributed by atoms with van der Waals surface area (Å²) in [6.07, 6.45) is 2.43. The summed E-state index contributed by atoms with van der Waals surface area (Å²) < 4.78 is 0. The third-order valence-corrected chi connectivity index (χ3v) is 3.44. The van der Waals surface area contributed by atoms with Crippen molar-refractivity contribution in [3.63, 3.8) is 0 Å². The van der Waals surface area contributed by atoms with Crippen molar-refractivity contribution >= 4 is 18.3 Å². The lowest BCUT2D eigenvalue weighted by molar-refractivity contribution is -0.123. The van der Waals surface area contributed by atoms with E-state index >= 15 is 0 Å². The number of carbonyl (C=O) groups excluding carboxylic acids is 1. The van der Waals surface area contributed by atoms with Crippen LogP contribution >= 0.6 is 12.4 Å². The molecule has 1 rings (SSSR count). The zero-order chi connectivity index (χ0) is 12.1. The summed E-state index contributed by atoms with van der Waals surface area (Å²) in [5.74, 6) is 0.184. The predicted molar refractivity (Wildman–Crippen MR) is 73.3 cm³/mol. The number of hydrogen-bond donors (Lipinski definition) is 2. The first-order valence-electron chi connectivity index (χ1n) is 6.33. The molecule has 0 spiro atoms. The molecule has 1 saturated heterocycles. The van der Waals surface area contributed by atoms with E-state index in [2.05, 4.69) is 17.1 Å². The number of amides is 1. The van der Waals surface area contributed by atoms with Gasteiger partial charge in [0.05, 0.1) is 6.04 Å². The molecule has 0 aliphatic carbocycles. The van der Waals surface area contributed by atoms with Crippen LogP contribution in [-0.4, -0.2) is 42.5 Å². The molecule has 2 atom stereocenters. The van der Waals surface area contributed by atoms with Gasteiger partial charge in [-0.3, -0.25) is 9.69 Å². The molecular formula is C12H26ClN3O. The molecule has 1 unspecified atom stereocenters. The van der Waals surface area contributed by atoms with Crippen LogP contribution in [0.5, 0.6) is 0 Å². The molecule has 1 heterocycles. The first kappa shape index (κ1) is 16.7. The third kappa shape index (κ3) is 4.82. The minimum Gasteiger partial charge on any atom is -0.353 e. The molecule has 17 heavy (non-hydrogen) atoms. The maximum Gasteiger partial charge on any atom is 0.237 e. The lowest BCUT2D eigenvalue weighted by Gasteiger charge is -2.24. The van der Waals surface area contributed by atoms with Crippen LogP contribution in [0.1, 0.15) is 33.6 Å². The Morgan fingerprint density at radius 2 is 2.18 bits per heavy atom. The third-order valence-electron chi connectivity index (χ3n) is 3.44. The highest BCUT2D eigenvalue weighted by molar-refractivity contribution is 5.85. The number of nitrogens with one attached hydrogen (secondary N) is 1. The van der Waals surface area contributed by atoms with Crippen LogP contribution in [0.25, 0.3) is 0 Å². The summed E-state index contributed by atoms with van der Waals surface area (Å²) in [5.41, 5.74) is 5.79. The van der Waals surface area contributed by atoms with E-state index in [9.17, 15) is 4.79 Å². The second-order valence-electron chi connectivity index (χ2n) is 4.94. The number of hydrogen-bond acceptors (Lipinski definition) is 3. The normalized spacial score (nSPS) is 22.3. The number of nitrogens with zero attached hydrogens (tertiary/aromatic N) is 1. The minimum absolute atomic E-state index is 0. The van der Waals surface area contributed by atoms with Crippen molar-refractivity contribution in [2.75, 3.05) is 19.6 Å². The molecule has 0 bridgehead atoms. The van der Waals surface area contributed by atoms with Crippen molar-refractivity contribution in [3.05, 3.63) is 0 Å². The van der Waals surface area contributed by atoms with Gasteiger partial charge in [-0.15, -0.1) is 12.4 Å². The molecule has 1 amide bonds. The van der Waals surface area contributed by atoms with Crippen LogP contribution in [0.4, 0.5) is 0 Å². The highest BCUT2D eigenvalue weighted by Gasteiger charge is 2.24. The molecule has 3 N–H and O–H groups in total. The molecule has 1 aliphatic rings. The van der Waals surface area contributed by atoms with Gasteiger partial charge in [-0.05, 0) is 31.8 Å². The number of carbonyl (C=O) groups is 1. The Kier molecular flexibility index (Phi) is 7.75. The average Bonchev–Trinajstić information content (AvgIpc) is 2.71. The van der Waals surface area contributed by atoms with Gasteiger partial charge in [-0.2, -0.15) is 0 Å². The number of likely N-dealkylation sites (N-methyl/N-ethyl adjacent to an activating group) is 1. The van der Waals surface area contributed by atoms with Crippen LogP contribution in [0.2, 0.25) is 0 Å². The molecule has 1 aliphatic heterocycles. The summed E-state index contributed by atoms with van der Waals surface area (Å²) in [5, 5.41) is 2.96. The maximum atomic E-state index is 11.7. The van der Waals surface area contributed by atoms with Crippen LogP contribution in [0.3, 0.4) is 0 Å². The molecule has 102 valence electrons. The Hall–Kier alpha value is -0.320. The second kappa shape index (κ2) is 7.90. The minimum atomic E-state index is -0.378. The zero-order valence-electron chi connectivity index (χ0n) is 11.1. The average molecular weight is 264 g/mol. The van der Waals surface area contributed by atoms with Gasteiger partial charge in [0, 0.05) is 12.6 Å². The topological polar surface area (TPSA) is 58.4 Å². The monoisotopic (exact) mass is 263 g/mol. The number of rotatable bonds is 5. The molecule has 0 radical (unpaired) electrons. The Bertz CT molecular complexity index is 236. The van der Waals surface area contributed by atoms with Crippen LogP contribution in [-0.2, 0) is 4.79 Å². The van der Waals surface area contributed by atoms with Gasteiger partial charge in [0.15, 0.2) is 0 Å². The van der Waals surface area contributed by atoms with Crippen LogP contribution in [0.15, 0.2) is 0 Å². The Morgan fingerprint density at radius 1 is 1.53 bits per heavy atom. The lowest BCUT2D eigenvalue weighted by atomic mass is 10.0. The van der Waals surface area contributed by atoms with Gasteiger partial charge in [0.25, 0.3) is 0 Å². The van der Waals surface area contributed by atoms with Crippen LogP contribution in [0, 0.1) is 5.92 Å². The molecule has 5 heteroatoms. The Balaban J connectivity index is 0.00000256. The van der Waals surface area contributed by atoms with E-state index in [1.54, 1.807) is 0 Å². The Labute approximate surface area is 111 Å². The van der Waals surface area contributed by atoms with Gasteiger partial charge in [-0.1, -0.05) is 20.8 Å². The van der Waals surface area contributed by atoms with Crippen molar-refractivity contribution < 1.29 is 4.79 Å². The molecule has 4 nitrogen and oxygen atoms in total. The standard InChI is InChI=1S/C12H25N3O.ClH/c1-4-15-7-5-6-10(15)8-14-12(16)11(13)9(2)3;/h9-11H,4-8,13H2,1-3H3,(H,14,16);1H/t10?,11-;/m0./s1.